The third-order valence-electron chi connectivity index (χ3n) is 3.92. The van der Waals surface area contributed by atoms with Crippen molar-refractivity contribution < 1.29 is 0 Å². The average molecular weight is 205 g/mol. The summed E-state index contributed by atoms with van der Waals surface area (Å²) in [5.41, 5.74) is 2.87. The molecule has 2 unspecified atom stereocenters. The molecule has 2 rings (SSSR count). The molecular formula is C14H23N. The summed E-state index contributed by atoms with van der Waals surface area (Å²) in [6.45, 7) is 6.88. The zero-order valence-corrected chi connectivity index (χ0v) is 10.3. The summed E-state index contributed by atoms with van der Waals surface area (Å²) in [7, 11) is 0. The van der Waals surface area contributed by atoms with Crippen LogP contribution in [-0.2, 0) is 0 Å². The van der Waals surface area contributed by atoms with Gasteiger partial charge in [-0.1, -0.05) is 19.8 Å². The number of hydrogen-bond donors (Lipinski definition) is 0. The van der Waals surface area contributed by atoms with Crippen molar-refractivity contribution >= 4 is 0 Å². The summed E-state index contributed by atoms with van der Waals surface area (Å²) in [6, 6.07) is 5.28. The van der Waals surface area contributed by atoms with Crippen LogP contribution in [0.3, 0.4) is 0 Å². The van der Waals surface area contributed by atoms with E-state index in [2.05, 4.69) is 37.5 Å². The second-order valence-electron chi connectivity index (χ2n) is 5.25. The Labute approximate surface area is 93.5 Å². The maximum atomic E-state index is 2.55. The fourth-order valence-electron chi connectivity index (χ4n) is 2.98. The first kappa shape index (κ1) is 10.8. The smallest absolute Gasteiger partial charge is 0.0335 e. The van der Waals surface area contributed by atoms with Gasteiger partial charge in [-0.05, 0) is 51.2 Å². The molecule has 0 radical (unpaired) electrons. The lowest BCUT2D eigenvalue weighted by Gasteiger charge is -2.21. The van der Waals surface area contributed by atoms with Crippen LogP contribution in [0.5, 0.6) is 0 Å². The molecule has 0 saturated heterocycles. The van der Waals surface area contributed by atoms with Crippen LogP contribution in [0.25, 0.3) is 0 Å². The summed E-state index contributed by atoms with van der Waals surface area (Å²) in [5.74, 6) is 0.936. The Bertz CT molecular complexity index is 305. The summed E-state index contributed by atoms with van der Waals surface area (Å²) in [4.78, 5) is 0. The standard InChI is InChI=1S/C14H23N/c1-11-5-4-6-14(10-7-11)15-12(2)8-9-13(15)3/h8-9,11,14H,4-7,10H2,1-3H3. The summed E-state index contributed by atoms with van der Waals surface area (Å²) < 4.78 is 2.55. The van der Waals surface area contributed by atoms with Crippen LogP contribution in [0.15, 0.2) is 12.1 Å². The highest BCUT2D eigenvalue weighted by molar-refractivity contribution is 5.15. The maximum absolute atomic E-state index is 2.55. The molecule has 0 aliphatic heterocycles. The Balaban J connectivity index is 2.16. The molecule has 0 N–H and O–H groups in total. The van der Waals surface area contributed by atoms with Gasteiger partial charge in [-0.15, -0.1) is 0 Å². The normalized spacial score (nSPS) is 27.7. The lowest BCUT2D eigenvalue weighted by Crippen LogP contribution is -2.11. The Morgan fingerprint density at radius 3 is 2.33 bits per heavy atom. The molecule has 15 heavy (non-hydrogen) atoms. The van der Waals surface area contributed by atoms with Crippen molar-refractivity contribution in [2.45, 2.75) is 58.9 Å². The molecule has 1 fully saturated rings. The molecule has 1 aromatic heterocycles. The molecule has 0 aromatic carbocycles. The largest absolute Gasteiger partial charge is 0.346 e. The Kier molecular flexibility index (Phi) is 3.18. The molecule has 84 valence electrons. The average Bonchev–Trinajstić information content (AvgIpc) is 2.41. The summed E-state index contributed by atoms with van der Waals surface area (Å²) in [5, 5.41) is 0. The second-order valence-corrected chi connectivity index (χ2v) is 5.25. The highest BCUT2D eigenvalue weighted by Gasteiger charge is 2.19. The monoisotopic (exact) mass is 205 g/mol. The minimum atomic E-state index is 0.768. The van der Waals surface area contributed by atoms with E-state index in [9.17, 15) is 0 Å². The van der Waals surface area contributed by atoms with Crippen LogP contribution in [0.4, 0.5) is 0 Å². The number of nitrogens with zero attached hydrogens (tertiary/aromatic N) is 1. The molecule has 1 saturated carbocycles. The Morgan fingerprint density at radius 1 is 1.00 bits per heavy atom. The Morgan fingerprint density at radius 2 is 1.67 bits per heavy atom. The molecule has 1 heterocycles. The molecule has 0 amide bonds. The highest BCUT2D eigenvalue weighted by Crippen LogP contribution is 2.32. The van der Waals surface area contributed by atoms with Crippen LogP contribution in [0.1, 0.15) is 56.5 Å². The maximum Gasteiger partial charge on any atom is 0.0335 e. The van der Waals surface area contributed by atoms with E-state index >= 15 is 0 Å². The van der Waals surface area contributed by atoms with E-state index in [1.807, 2.05) is 0 Å². The van der Waals surface area contributed by atoms with Gasteiger partial charge in [0.05, 0.1) is 0 Å². The number of aryl methyl sites for hydroxylation is 2. The first-order valence-corrected chi connectivity index (χ1v) is 6.33. The van der Waals surface area contributed by atoms with E-state index in [1.165, 1.54) is 43.5 Å². The molecule has 1 heteroatoms. The second kappa shape index (κ2) is 4.42. The van der Waals surface area contributed by atoms with E-state index in [0.29, 0.717) is 0 Å². The van der Waals surface area contributed by atoms with Crippen molar-refractivity contribution in [3.63, 3.8) is 0 Å². The van der Waals surface area contributed by atoms with Gasteiger partial charge in [-0.2, -0.15) is 0 Å². The first-order chi connectivity index (χ1) is 7.18. The molecule has 1 aromatic rings. The van der Waals surface area contributed by atoms with Gasteiger partial charge in [0.15, 0.2) is 0 Å². The predicted molar refractivity (Wildman–Crippen MR) is 65.2 cm³/mol. The molecule has 1 aliphatic carbocycles. The van der Waals surface area contributed by atoms with Gasteiger partial charge in [0.1, 0.15) is 0 Å². The molecule has 1 aliphatic rings. The van der Waals surface area contributed by atoms with E-state index in [4.69, 9.17) is 0 Å². The lowest BCUT2D eigenvalue weighted by atomic mass is 10.0. The van der Waals surface area contributed by atoms with Crippen molar-refractivity contribution in [2.75, 3.05) is 0 Å². The van der Waals surface area contributed by atoms with Gasteiger partial charge < -0.3 is 4.57 Å². The third kappa shape index (κ3) is 2.27. The van der Waals surface area contributed by atoms with Crippen molar-refractivity contribution in [1.82, 2.24) is 4.57 Å². The third-order valence-corrected chi connectivity index (χ3v) is 3.92. The summed E-state index contributed by atoms with van der Waals surface area (Å²) in [6.07, 6.45) is 6.98. The van der Waals surface area contributed by atoms with Gasteiger partial charge in [0.25, 0.3) is 0 Å². The molecule has 1 nitrogen and oxygen atoms in total. The number of hydrogen-bond acceptors (Lipinski definition) is 0. The zero-order valence-electron chi connectivity index (χ0n) is 10.3. The molecular weight excluding hydrogens is 182 g/mol. The quantitative estimate of drug-likeness (QED) is 0.604. The van der Waals surface area contributed by atoms with Crippen molar-refractivity contribution in [3.05, 3.63) is 23.5 Å². The SMILES string of the molecule is Cc1ccc(C)n1C1CCCC(C)CC1. The van der Waals surface area contributed by atoms with Gasteiger partial charge in [-0.3, -0.25) is 0 Å². The minimum absolute atomic E-state index is 0.768. The van der Waals surface area contributed by atoms with E-state index in [0.717, 1.165) is 12.0 Å². The minimum Gasteiger partial charge on any atom is -0.346 e. The highest BCUT2D eigenvalue weighted by atomic mass is 15.0. The first-order valence-electron chi connectivity index (χ1n) is 6.33. The Hall–Kier alpha value is -0.720. The summed E-state index contributed by atoms with van der Waals surface area (Å²) >= 11 is 0. The van der Waals surface area contributed by atoms with Crippen LogP contribution >= 0.6 is 0 Å². The lowest BCUT2D eigenvalue weighted by molar-refractivity contribution is 0.421. The van der Waals surface area contributed by atoms with Gasteiger partial charge in [-0.25, -0.2) is 0 Å². The van der Waals surface area contributed by atoms with E-state index < -0.39 is 0 Å². The zero-order chi connectivity index (χ0) is 10.8. The van der Waals surface area contributed by atoms with Crippen molar-refractivity contribution in [3.8, 4) is 0 Å². The van der Waals surface area contributed by atoms with Gasteiger partial charge >= 0.3 is 0 Å². The predicted octanol–water partition coefficient (Wildman–Crippen LogP) is 4.25. The van der Waals surface area contributed by atoms with Gasteiger partial charge in [0, 0.05) is 17.4 Å². The molecule has 0 bridgehead atoms. The van der Waals surface area contributed by atoms with Gasteiger partial charge in [0.2, 0.25) is 0 Å². The topological polar surface area (TPSA) is 4.93 Å². The van der Waals surface area contributed by atoms with E-state index in [1.54, 1.807) is 0 Å². The molecule has 0 spiro atoms. The molecule has 2 atom stereocenters. The van der Waals surface area contributed by atoms with Crippen molar-refractivity contribution in [2.24, 2.45) is 5.92 Å². The van der Waals surface area contributed by atoms with Crippen molar-refractivity contribution in [1.29, 1.82) is 0 Å². The van der Waals surface area contributed by atoms with Crippen LogP contribution in [-0.4, -0.2) is 4.57 Å². The van der Waals surface area contributed by atoms with Crippen LogP contribution in [0, 0.1) is 19.8 Å². The number of rotatable bonds is 1. The van der Waals surface area contributed by atoms with E-state index in [-0.39, 0.29) is 0 Å². The fraction of sp³-hybridized carbons (Fsp3) is 0.714. The number of aromatic nitrogens is 1. The van der Waals surface area contributed by atoms with Crippen LogP contribution in [0.2, 0.25) is 0 Å². The fourth-order valence-corrected chi connectivity index (χ4v) is 2.98. The van der Waals surface area contributed by atoms with Crippen LogP contribution < -0.4 is 0 Å².